The predicted octanol–water partition coefficient (Wildman–Crippen LogP) is 1.87. The molecule has 5 heteroatoms. The maximum Gasteiger partial charge on any atom is 0.223 e. The van der Waals surface area contributed by atoms with Crippen LogP contribution in [0.15, 0.2) is 6.07 Å². The Hall–Kier alpha value is -1.52. The molecule has 3 rings (SSSR count). The zero-order valence-electron chi connectivity index (χ0n) is 11.1. The van der Waals surface area contributed by atoms with Crippen molar-refractivity contribution in [2.75, 3.05) is 22.5 Å². The summed E-state index contributed by atoms with van der Waals surface area (Å²) in [7, 11) is 0. The molecule has 3 N–H and O–H groups in total. The summed E-state index contributed by atoms with van der Waals surface area (Å²) in [6.07, 6.45) is 3.68. The smallest absolute Gasteiger partial charge is 0.223 e. The summed E-state index contributed by atoms with van der Waals surface area (Å²) in [6, 6.07) is 3.14. The Balaban J connectivity index is 1.84. The number of hydrogen-bond donors (Lipinski definition) is 2. The van der Waals surface area contributed by atoms with E-state index >= 15 is 0 Å². The van der Waals surface area contributed by atoms with Crippen LogP contribution in [-0.4, -0.2) is 28.6 Å². The topological polar surface area (TPSA) is 67.1 Å². The Morgan fingerprint density at radius 3 is 2.67 bits per heavy atom. The zero-order chi connectivity index (χ0) is 12.7. The molecule has 0 amide bonds. The highest BCUT2D eigenvalue weighted by atomic mass is 15.3. The maximum absolute atomic E-state index is 5.81. The Labute approximate surface area is 108 Å². The molecule has 2 heterocycles. The number of hydrogen-bond acceptors (Lipinski definition) is 5. The van der Waals surface area contributed by atoms with E-state index in [0.29, 0.717) is 23.9 Å². The minimum absolute atomic E-state index is 0.363. The lowest BCUT2D eigenvalue weighted by atomic mass is 10.1. The number of nitrogens with two attached hydrogens (primary N) is 1. The lowest BCUT2D eigenvalue weighted by molar-refractivity contribution is 0.544. The van der Waals surface area contributed by atoms with E-state index in [1.807, 2.05) is 6.07 Å². The van der Waals surface area contributed by atoms with Crippen molar-refractivity contribution >= 4 is 17.6 Å². The van der Waals surface area contributed by atoms with Gasteiger partial charge in [0.15, 0.2) is 0 Å². The first-order valence-electron chi connectivity index (χ1n) is 6.81. The van der Waals surface area contributed by atoms with Gasteiger partial charge in [-0.25, -0.2) is 0 Å². The normalized spacial score (nSPS) is 27.6. The molecule has 5 nitrogen and oxygen atoms in total. The first-order valence-corrected chi connectivity index (χ1v) is 6.81. The largest absolute Gasteiger partial charge is 0.368 e. The Kier molecular flexibility index (Phi) is 2.76. The second-order valence-corrected chi connectivity index (χ2v) is 5.59. The lowest BCUT2D eigenvalue weighted by Crippen LogP contribution is -2.30. The van der Waals surface area contributed by atoms with Crippen LogP contribution in [0.2, 0.25) is 0 Å². The van der Waals surface area contributed by atoms with Gasteiger partial charge in [-0.1, -0.05) is 6.92 Å². The van der Waals surface area contributed by atoms with Gasteiger partial charge in [-0.05, 0) is 32.1 Å². The summed E-state index contributed by atoms with van der Waals surface area (Å²) in [6.45, 7) is 5.60. The van der Waals surface area contributed by atoms with Gasteiger partial charge in [-0.15, -0.1) is 0 Å². The van der Waals surface area contributed by atoms with Crippen LogP contribution in [0.3, 0.4) is 0 Å². The van der Waals surface area contributed by atoms with Gasteiger partial charge in [0.1, 0.15) is 11.6 Å². The molecule has 1 aliphatic heterocycles. The number of nitrogen functional groups attached to an aromatic ring is 1. The Morgan fingerprint density at radius 2 is 2.06 bits per heavy atom. The second kappa shape index (κ2) is 4.30. The minimum Gasteiger partial charge on any atom is -0.368 e. The fourth-order valence-electron chi connectivity index (χ4n) is 2.53. The quantitative estimate of drug-likeness (QED) is 0.853. The highest BCUT2D eigenvalue weighted by Gasteiger charge is 2.29. The van der Waals surface area contributed by atoms with Crippen LogP contribution in [0, 0.1) is 5.92 Å². The van der Waals surface area contributed by atoms with Gasteiger partial charge in [0.25, 0.3) is 0 Å². The molecule has 2 fully saturated rings. The van der Waals surface area contributed by atoms with Crippen LogP contribution in [0.1, 0.15) is 33.1 Å². The first-order chi connectivity index (χ1) is 8.63. The lowest BCUT2D eigenvalue weighted by Gasteiger charge is -2.25. The van der Waals surface area contributed by atoms with E-state index in [2.05, 4.69) is 34.0 Å². The van der Waals surface area contributed by atoms with Gasteiger partial charge < -0.3 is 16.0 Å². The van der Waals surface area contributed by atoms with Crippen molar-refractivity contribution in [3.8, 4) is 0 Å². The molecule has 1 aliphatic carbocycles. The molecule has 1 aromatic heterocycles. The molecule has 0 radical (unpaired) electrons. The molecule has 0 unspecified atom stereocenters. The van der Waals surface area contributed by atoms with E-state index in [1.54, 1.807) is 0 Å². The van der Waals surface area contributed by atoms with Gasteiger partial charge in [0.05, 0.1) is 0 Å². The van der Waals surface area contributed by atoms with Gasteiger partial charge in [-0.2, -0.15) is 9.97 Å². The minimum atomic E-state index is 0.363. The van der Waals surface area contributed by atoms with E-state index in [9.17, 15) is 0 Å². The SMILES string of the molecule is C[C@H]1CCN(c2cc(NC3CC3)nc(N)n2)[C@H]1C. The third-order valence-electron chi connectivity index (χ3n) is 4.09. The van der Waals surface area contributed by atoms with E-state index in [1.165, 1.54) is 19.3 Å². The number of nitrogens with zero attached hydrogens (tertiary/aromatic N) is 3. The third kappa shape index (κ3) is 2.21. The fourth-order valence-corrected chi connectivity index (χ4v) is 2.53. The van der Waals surface area contributed by atoms with E-state index in [0.717, 1.165) is 18.2 Å². The van der Waals surface area contributed by atoms with Crippen LogP contribution in [0.25, 0.3) is 0 Å². The number of anilines is 3. The second-order valence-electron chi connectivity index (χ2n) is 5.59. The molecule has 1 aromatic rings. The zero-order valence-corrected chi connectivity index (χ0v) is 11.1. The summed E-state index contributed by atoms with van der Waals surface area (Å²) in [5, 5.41) is 3.39. The Bertz CT molecular complexity index is 443. The number of rotatable bonds is 3. The monoisotopic (exact) mass is 247 g/mol. The van der Waals surface area contributed by atoms with Crippen molar-refractivity contribution in [3.05, 3.63) is 6.07 Å². The van der Waals surface area contributed by atoms with Crippen LogP contribution in [-0.2, 0) is 0 Å². The van der Waals surface area contributed by atoms with Crippen LogP contribution in [0.4, 0.5) is 17.6 Å². The van der Waals surface area contributed by atoms with Crippen molar-refractivity contribution in [2.45, 2.75) is 45.2 Å². The van der Waals surface area contributed by atoms with Gasteiger partial charge in [0.2, 0.25) is 5.95 Å². The van der Waals surface area contributed by atoms with Crippen LogP contribution < -0.4 is 16.0 Å². The van der Waals surface area contributed by atoms with Crippen LogP contribution in [0.5, 0.6) is 0 Å². The molecule has 1 saturated heterocycles. The number of nitrogens with one attached hydrogen (secondary N) is 1. The predicted molar refractivity (Wildman–Crippen MR) is 73.7 cm³/mol. The summed E-state index contributed by atoms with van der Waals surface area (Å²) in [4.78, 5) is 11.0. The molecule has 18 heavy (non-hydrogen) atoms. The molecule has 0 bridgehead atoms. The maximum atomic E-state index is 5.81. The molecule has 2 atom stereocenters. The molecule has 1 saturated carbocycles. The van der Waals surface area contributed by atoms with Gasteiger partial charge in [0, 0.05) is 24.7 Å². The average molecular weight is 247 g/mol. The van der Waals surface area contributed by atoms with Crippen molar-refractivity contribution in [3.63, 3.8) is 0 Å². The third-order valence-corrected chi connectivity index (χ3v) is 4.09. The fraction of sp³-hybridized carbons (Fsp3) is 0.692. The van der Waals surface area contributed by atoms with Crippen molar-refractivity contribution in [2.24, 2.45) is 5.92 Å². The summed E-state index contributed by atoms with van der Waals surface area (Å²) < 4.78 is 0. The van der Waals surface area contributed by atoms with E-state index in [4.69, 9.17) is 5.73 Å². The molecule has 0 aromatic carbocycles. The van der Waals surface area contributed by atoms with E-state index in [-0.39, 0.29) is 0 Å². The molecule has 98 valence electrons. The van der Waals surface area contributed by atoms with Crippen molar-refractivity contribution in [1.82, 2.24) is 9.97 Å². The molecule has 0 spiro atoms. The van der Waals surface area contributed by atoms with E-state index < -0.39 is 0 Å². The standard InChI is InChI=1S/C13H21N5/c1-8-5-6-18(9(8)2)12-7-11(15-10-3-4-10)16-13(14)17-12/h7-10H,3-6H2,1-2H3,(H3,14,15,16,17)/t8-,9-/m0/s1. The average Bonchev–Trinajstić information content (AvgIpc) is 3.06. The van der Waals surface area contributed by atoms with Crippen LogP contribution >= 0.6 is 0 Å². The Morgan fingerprint density at radius 1 is 1.28 bits per heavy atom. The molecular weight excluding hydrogens is 226 g/mol. The number of aromatic nitrogens is 2. The first kappa shape index (κ1) is 11.6. The van der Waals surface area contributed by atoms with Crippen molar-refractivity contribution < 1.29 is 0 Å². The molecule has 2 aliphatic rings. The molecular formula is C13H21N5. The van der Waals surface area contributed by atoms with Gasteiger partial charge in [-0.3, -0.25) is 0 Å². The summed E-state index contributed by atoms with van der Waals surface area (Å²) in [5.41, 5.74) is 5.81. The highest BCUT2D eigenvalue weighted by Crippen LogP contribution is 2.31. The van der Waals surface area contributed by atoms with Gasteiger partial charge >= 0.3 is 0 Å². The summed E-state index contributed by atoms with van der Waals surface area (Å²) >= 11 is 0. The van der Waals surface area contributed by atoms with Crippen molar-refractivity contribution in [1.29, 1.82) is 0 Å². The highest BCUT2D eigenvalue weighted by molar-refractivity contribution is 5.54. The summed E-state index contributed by atoms with van der Waals surface area (Å²) in [5.74, 6) is 2.90.